The molecule has 2 aromatic rings. The third kappa shape index (κ3) is 9.31. The normalized spacial score (nSPS) is 30.1. The number of fused-ring (bicyclic) bond motifs is 2. The predicted octanol–water partition coefficient (Wildman–Crippen LogP) is 7.92. The fourth-order valence-electron chi connectivity index (χ4n) is 7.38. The third-order valence-corrected chi connectivity index (χ3v) is 10.0. The summed E-state index contributed by atoms with van der Waals surface area (Å²) in [4.78, 5) is 0. The first-order chi connectivity index (χ1) is 18.6. The third-order valence-electron chi connectivity index (χ3n) is 10.0. The molecule has 0 nitrogen and oxygen atoms in total. The van der Waals surface area contributed by atoms with Gasteiger partial charge in [0, 0.05) is 9.52 Å². The SMILES string of the molecule is C[SiH]C.Cc1cccc2c1=[C-]C(C)(C1CCC(C)CC1)C=2.Cc1cccc2c1=[C-]C(C)(C1CCC(C)CC1)C=2.Cl.Cl.[Zr+2]. The zero-order valence-electron chi connectivity index (χ0n) is 27.5. The Balaban J connectivity index is 0.000000361. The Labute approximate surface area is 291 Å². The van der Waals surface area contributed by atoms with Crippen molar-refractivity contribution in [2.75, 3.05) is 0 Å². The van der Waals surface area contributed by atoms with Crippen LogP contribution >= 0.6 is 24.8 Å². The average Bonchev–Trinajstić information content (AvgIpc) is 3.45. The molecule has 2 atom stereocenters. The number of hydrogen-bond donors (Lipinski definition) is 0. The van der Waals surface area contributed by atoms with E-state index in [-0.39, 0.29) is 61.8 Å². The van der Waals surface area contributed by atoms with Crippen molar-refractivity contribution < 1.29 is 26.2 Å². The maximum absolute atomic E-state index is 3.81. The minimum atomic E-state index is 0. The van der Waals surface area contributed by atoms with Crippen LogP contribution in [-0.4, -0.2) is 9.52 Å². The first-order valence-corrected chi connectivity index (χ1v) is 18.1. The van der Waals surface area contributed by atoms with E-state index in [4.69, 9.17) is 0 Å². The molecule has 0 saturated heterocycles. The predicted molar refractivity (Wildman–Crippen MR) is 188 cm³/mol. The number of rotatable bonds is 2. The summed E-state index contributed by atoms with van der Waals surface area (Å²) < 4.78 is 0. The van der Waals surface area contributed by atoms with Crippen LogP contribution in [0.15, 0.2) is 36.4 Å². The van der Waals surface area contributed by atoms with Crippen molar-refractivity contribution in [3.05, 3.63) is 68.4 Å². The number of hydrogen-bond acceptors (Lipinski definition) is 0. The molecule has 4 aliphatic carbocycles. The van der Waals surface area contributed by atoms with Crippen LogP contribution in [0.1, 0.15) is 90.2 Å². The second kappa shape index (κ2) is 17.3. The molecule has 0 N–H and O–H groups in total. The van der Waals surface area contributed by atoms with Crippen LogP contribution in [0.3, 0.4) is 0 Å². The molecule has 2 fully saturated rings. The molecule has 1 radical (unpaired) electrons. The summed E-state index contributed by atoms with van der Waals surface area (Å²) >= 11 is 0. The van der Waals surface area contributed by atoms with E-state index in [1.807, 2.05) is 0 Å². The quantitative estimate of drug-likeness (QED) is 0.221. The molecular formula is C38H55Cl2SiZr. The van der Waals surface area contributed by atoms with Gasteiger partial charge < -0.3 is 0 Å². The molecule has 0 bridgehead atoms. The summed E-state index contributed by atoms with van der Waals surface area (Å²) in [5.74, 6) is 3.44. The summed E-state index contributed by atoms with van der Waals surface area (Å²) in [7, 11) is 0.750. The number of halogens is 2. The molecule has 4 aliphatic rings. The molecule has 0 aromatic heterocycles. The van der Waals surface area contributed by atoms with Gasteiger partial charge in [0.1, 0.15) is 0 Å². The minimum Gasteiger partial charge on any atom is -0.191 e. The first kappa shape index (κ1) is 39.6. The zero-order chi connectivity index (χ0) is 28.2. The average molecular weight is 702 g/mol. The van der Waals surface area contributed by atoms with Crippen molar-refractivity contribution in [1.82, 2.24) is 0 Å². The van der Waals surface area contributed by atoms with E-state index in [2.05, 4.69) is 115 Å². The van der Waals surface area contributed by atoms with E-state index >= 15 is 0 Å². The van der Waals surface area contributed by atoms with Crippen LogP contribution in [-0.2, 0) is 26.2 Å². The van der Waals surface area contributed by atoms with Crippen LogP contribution in [0.5, 0.6) is 0 Å². The van der Waals surface area contributed by atoms with E-state index < -0.39 is 0 Å². The molecule has 0 aliphatic heterocycles. The summed E-state index contributed by atoms with van der Waals surface area (Å²) in [6.45, 7) is 18.4. The van der Waals surface area contributed by atoms with Crippen molar-refractivity contribution in [3.8, 4) is 0 Å². The van der Waals surface area contributed by atoms with Gasteiger partial charge in [-0.3, -0.25) is 0 Å². The number of benzene rings is 2. The topological polar surface area (TPSA) is 0 Å². The molecule has 2 saturated carbocycles. The zero-order valence-corrected chi connectivity index (χ0v) is 32.7. The maximum Gasteiger partial charge on any atom is 2.00 e. The van der Waals surface area contributed by atoms with Gasteiger partial charge in [-0.05, 0) is 23.7 Å². The molecule has 42 heavy (non-hydrogen) atoms. The Hall–Kier alpha value is -0.400. The van der Waals surface area contributed by atoms with E-state index in [0.717, 1.165) is 33.2 Å². The Morgan fingerprint density at radius 2 is 0.929 bits per heavy atom. The summed E-state index contributed by atoms with van der Waals surface area (Å²) in [6.07, 6.45) is 23.6. The fraction of sp³-hybridized carbons (Fsp3) is 0.579. The number of aryl methyl sites for hydroxylation is 2. The Bertz CT molecular complexity index is 1260. The van der Waals surface area contributed by atoms with E-state index in [0.29, 0.717) is 0 Å². The van der Waals surface area contributed by atoms with Crippen molar-refractivity contribution in [1.29, 1.82) is 0 Å². The molecule has 0 spiro atoms. The molecule has 0 amide bonds. The van der Waals surface area contributed by atoms with Crippen LogP contribution in [0.25, 0.3) is 24.3 Å². The summed E-state index contributed by atoms with van der Waals surface area (Å²) in [6, 6.07) is 13.2. The van der Waals surface area contributed by atoms with Crippen molar-refractivity contribution in [2.24, 2.45) is 34.5 Å². The molecule has 4 heteroatoms. The molecule has 2 aromatic carbocycles. The van der Waals surface area contributed by atoms with Gasteiger partial charge >= 0.3 is 26.2 Å². The second-order valence-electron chi connectivity index (χ2n) is 13.7. The van der Waals surface area contributed by atoms with Crippen LogP contribution in [0, 0.1) is 48.3 Å². The van der Waals surface area contributed by atoms with E-state index in [1.165, 1.54) is 83.4 Å². The van der Waals surface area contributed by atoms with Crippen LogP contribution in [0.2, 0.25) is 13.1 Å². The Kier molecular flexibility index (Phi) is 16.4. The van der Waals surface area contributed by atoms with Gasteiger partial charge in [-0.1, -0.05) is 129 Å². The fourth-order valence-corrected chi connectivity index (χ4v) is 7.38. The van der Waals surface area contributed by atoms with Gasteiger partial charge in [-0.25, -0.2) is 0 Å². The van der Waals surface area contributed by atoms with Gasteiger partial charge in [-0.15, -0.1) is 71.7 Å². The Morgan fingerprint density at radius 1 is 0.619 bits per heavy atom. The standard InChI is InChI=1S/2C18H23.C2H7Si.2ClH.Zr/c2*1-13-7-9-16(10-8-13)18(3)11-15-6-4-5-14(2)17(15)12-18;1-3-2;;;/h2*4-6,11,13,16H,7-10H2,1-3H3;3H,1-2H3;2*1H;/q2*-1;;;;+2. The van der Waals surface area contributed by atoms with Crippen molar-refractivity contribution in [2.45, 2.75) is 106 Å². The second-order valence-corrected chi connectivity index (χ2v) is 14.8. The van der Waals surface area contributed by atoms with Gasteiger partial charge in [0.15, 0.2) is 0 Å². The largest absolute Gasteiger partial charge is 2.00 e. The van der Waals surface area contributed by atoms with Crippen LogP contribution < -0.4 is 20.9 Å². The van der Waals surface area contributed by atoms with Crippen LogP contribution in [0.4, 0.5) is 0 Å². The molecule has 229 valence electrons. The van der Waals surface area contributed by atoms with Crippen molar-refractivity contribution >= 4 is 58.6 Å². The van der Waals surface area contributed by atoms with E-state index in [1.54, 1.807) is 0 Å². The summed E-state index contributed by atoms with van der Waals surface area (Å²) in [5, 5.41) is 5.52. The molecular weight excluding hydrogens is 647 g/mol. The monoisotopic (exact) mass is 699 g/mol. The summed E-state index contributed by atoms with van der Waals surface area (Å²) in [5.41, 5.74) is 3.09. The van der Waals surface area contributed by atoms with Crippen molar-refractivity contribution in [3.63, 3.8) is 0 Å². The van der Waals surface area contributed by atoms with Gasteiger partial charge in [-0.2, -0.15) is 33.7 Å². The maximum atomic E-state index is 3.81. The minimum absolute atomic E-state index is 0. The van der Waals surface area contributed by atoms with Gasteiger partial charge in [0.25, 0.3) is 0 Å². The van der Waals surface area contributed by atoms with Gasteiger partial charge in [0.05, 0.1) is 0 Å². The van der Waals surface area contributed by atoms with E-state index in [9.17, 15) is 0 Å². The molecule has 6 rings (SSSR count). The Morgan fingerprint density at radius 3 is 1.21 bits per heavy atom. The molecule has 0 heterocycles. The smallest absolute Gasteiger partial charge is 0.191 e. The van der Waals surface area contributed by atoms with Gasteiger partial charge in [0.2, 0.25) is 0 Å². The molecule has 2 unspecified atom stereocenters. The first-order valence-electron chi connectivity index (χ1n) is 15.8.